The van der Waals surface area contributed by atoms with Gasteiger partial charge in [0.15, 0.2) is 0 Å². The van der Waals surface area contributed by atoms with Crippen LogP contribution < -0.4 is 5.32 Å². The minimum atomic E-state index is -0.550. The Morgan fingerprint density at radius 2 is 1.67 bits per heavy atom. The van der Waals surface area contributed by atoms with Crippen molar-refractivity contribution in [1.29, 1.82) is 0 Å². The third-order valence-electron chi connectivity index (χ3n) is 3.39. The summed E-state index contributed by atoms with van der Waals surface area (Å²) in [4.78, 5) is 12.2. The van der Waals surface area contributed by atoms with Gasteiger partial charge in [0, 0.05) is 11.5 Å². The molecule has 0 saturated carbocycles. The van der Waals surface area contributed by atoms with E-state index >= 15 is 0 Å². The number of amides is 1. The largest absolute Gasteiger partial charge is 0.444 e. The predicted molar refractivity (Wildman–Crippen MR) is 96.9 cm³/mol. The number of ether oxygens (including phenoxy) is 1. The molecule has 24 heavy (non-hydrogen) atoms. The molecule has 0 unspecified atom stereocenters. The first-order valence-electron chi connectivity index (χ1n) is 8.13. The molecule has 0 atom stereocenters. The van der Waals surface area contributed by atoms with Gasteiger partial charge in [-0.1, -0.05) is 38.5 Å². The molecule has 1 aromatic carbocycles. The van der Waals surface area contributed by atoms with Crippen LogP contribution in [0.2, 0.25) is 0 Å². The summed E-state index contributed by atoms with van der Waals surface area (Å²) >= 11 is 0. The van der Waals surface area contributed by atoms with Crippen molar-refractivity contribution in [2.75, 3.05) is 5.32 Å². The maximum atomic E-state index is 12.2. The zero-order chi connectivity index (χ0) is 18.1. The van der Waals surface area contributed by atoms with E-state index < -0.39 is 11.7 Å². The molecule has 5 heteroatoms. The number of nitrogens with one attached hydrogen (secondary N) is 1. The minimum Gasteiger partial charge on any atom is -0.444 e. The molecule has 0 aliphatic rings. The fourth-order valence-electron chi connectivity index (χ4n) is 2.13. The van der Waals surface area contributed by atoms with E-state index in [2.05, 4.69) is 31.2 Å². The van der Waals surface area contributed by atoms with Crippen molar-refractivity contribution < 1.29 is 9.53 Å². The van der Waals surface area contributed by atoms with Crippen LogP contribution in [0.1, 0.15) is 52.8 Å². The van der Waals surface area contributed by atoms with E-state index in [1.54, 1.807) is 4.68 Å². The Hall–Kier alpha value is -2.30. The van der Waals surface area contributed by atoms with Crippen molar-refractivity contribution >= 4 is 11.9 Å². The summed E-state index contributed by atoms with van der Waals surface area (Å²) in [7, 11) is 0. The summed E-state index contributed by atoms with van der Waals surface area (Å²) in [5.41, 5.74) is 2.28. The van der Waals surface area contributed by atoms with E-state index in [0.29, 0.717) is 5.82 Å². The van der Waals surface area contributed by atoms with Crippen LogP contribution in [-0.4, -0.2) is 21.5 Å². The Labute approximate surface area is 144 Å². The van der Waals surface area contributed by atoms with Crippen LogP contribution in [0.4, 0.5) is 10.6 Å². The van der Waals surface area contributed by atoms with Gasteiger partial charge in [0.2, 0.25) is 0 Å². The summed E-state index contributed by atoms with van der Waals surface area (Å²) < 4.78 is 7.10. The summed E-state index contributed by atoms with van der Waals surface area (Å²) in [6.07, 6.45) is -0.490. The summed E-state index contributed by atoms with van der Waals surface area (Å²) in [5.74, 6) is 0.595. The van der Waals surface area contributed by atoms with Crippen molar-refractivity contribution in [3.63, 3.8) is 0 Å². The third-order valence-corrected chi connectivity index (χ3v) is 3.39. The highest BCUT2D eigenvalue weighted by Gasteiger charge is 2.23. The van der Waals surface area contributed by atoms with E-state index in [-0.39, 0.29) is 5.41 Å². The van der Waals surface area contributed by atoms with E-state index in [0.717, 1.165) is 11.4 Å². The lowest BCUT2D eigenvalue weighted by molar-refractivity contribution is 0.0635. The molecule has 1 aromatic heterocycles. The first-order valence-corrected chi connectivity index (χ1v) is 8.13. The topological polar surface area (TPSA) is 56.2 Å². The average Bonchev–Trinajstić information content (AvgIpc) is 2.81. The molecule has 5 nitrogen and oxygen atoms in total. The van der Waals surface area contributed by atoms with E-state index in [1.165, 1.54) is 5.56 Å². The number of carbonyl (C=O) groups is 1. The normalized spacial score (nSPS) is 12.1. The summed E-state index contributed by atoms with van der Waals surface area (Å²) in [6, 6.07) is 9.89. The number of anilines is 1. The lowest BCUT2D eigenvalue weighted by Gasteiger charge is -2.19. The van der Waals surface area contributed by atoms with Gasteiger partial charge in [0.25, 0.3) is 0 Å². The van der Waals surface area contributed by atoms with Gasteiger partial charge in [-0.2, -0.15) is 5.10 Å². The Morgan fingerprint density at radius 1 is 1.08 bits per heavy atom. The van der Waals surface area contributed by atoms with E-state index in [1.807, 2.05) is 58.0 Å². The lowest BCUT2D eigenvalue weighted by atomic mass is 9.92. The molecule has 0 aliphatic heterocycles. The molecule has 0 aliphatic carbocycles. The van der Waals surface area contributed by atoms with Gasteiger partial charge in [-0.3, -0.25) is 5.32 Å². The first kappa shape index (κ1) is 18.0. The predicted octanol–water partition coefficient (Wildman–Crippen LogP) is 4.83. The number of hydrogen-bond donors (Lipinski definition) is 1. The molecule has 1 N–H and O–H groups in total. The number of hydrogen-bond acceptors (Lipinski definition) is 3. The monoisotopic (exact) mass is 329 g/mol. The Balaban J connectivity index is 2.39. The van der Waals surface area contributed by atoms with Crippen LogP contribution in [0.25, 0.3) is 5.69 Å². The van der Waals surface area contributed by atoms with E-state index in [4.69, 9.17) is 4.74 Å². The number of aromatic nitrogens is 2. The fourth-order valence-corrected chi connectivity index (χ4v) is 2.13. The van der Waals surface area contributed by atoms with Crippen molar-refractivity contribution in [2.45, 2.75) is 59.5 Å². The number of aryl methyl sites for hydroxylation is 1. The molecule has 0 fully saturated rings. The van der Waals surface area contributed by atoms with Crippen LogP contribution in [0.3, 0.4) is 0 Å². The quantitative estimate of drug-likeness (QED) is 0.859. The number of rotatable bonds is 2. The molecule has 0 spiro atoms. The minimum absolute atomic E-state index is 0.125. The fraction of sp³-hybridized carbons (Fsp3) is 0.474. The second-order valence-electron chi connectivity index (χ2n) is 8.04. The van der Waals surface area contributed by atoms with Crippen LogP contribution in [0.5, 0.6) is 0 Å². The van der Waals surface area contributed by atoms with Gasteiger partial charge in [-0.25, -0.2) is 9.48 Å². The Kier molecular flexibility index (Phi) is 4.74. The van der Waals surface area contributed by atoms with Crippen LogP contribution >= 0.6 is 0 Å². The third kappa shape index (κ3) is 4.60. The van der Waals surface area contributed by atoms with Gasteiger partial charge in [0.1, 0.15) is 11.4 Å². The lowest BCUT2D eigenvalue weighted by Crippen LogP contribution is -2.27. The van der Waals surface area contributed by atoms with Crippen molar-refractivity contribution in [2.24, 2.45) is 0 Å². The molecule has 0 radical (unpaired) electrons. The maximum Gasteiger partial charge on any atom is 0.413 e. The molecule has 0 saturated heterocycles. The highest BCUT2D eigenvalue weighted by molar-refractivity contribution is 5.84. The average molecular weight is 329 g/mol. The smallest absolute Gasteiger partial charge is 0.413 e. The standard InChI is InChI=1S/C19H27N3O2/c1-13-8-10-14(11-9-13)22-16(12-15(21-22)18(2,3)4)20-17(23)24-19(5,6)7/h8-12H,1-7H3,(H,20,23). The van der Waals surface area contributed by atoms with Crippen molar-refractivity contribution in [3.05, 3.63) is 41.6 Å². The molecular formula is C19H27N3O2. The molecule has 1 heterocycles. The van der Waals surface area contributed by atoms with Gasteiger partial charge >= 0.3 is 6.09 Å². The molecule has 130 valence electrons. The van der Waals surface area contributed by atoms with Crippen LogP contribution in [0.15, 0.2) is 30.3 Å². The Morgan fingerprint density at radius 3 is 2.17 bits per heavy atom. The van der Waals surface area contributed by atoms with Gasteiger partial charge < -0.3 is 4.74 Å². The SMILES string of the molecule is Cc1ccc(-n2nc(C(C)(C)C)cc2NC(=O)OC(C)(C)C)cc1. The van der Waals surface area contributed by atoms with Gasteiger partial charge in [0.05, 0.1) is 11.4 Å². The molecular weight excluding hydrogens is 302 g/mol. The van der Waals surface area contributed by atoms with Crippen molar-refractivity contribution in [1.82, 2.24) is 9.78 Å². The van der Waals surface area contributed by atoms with Crippen LogP contribution in [0, 0.1) is 6.92 Å². The van der Waals surface area contributed by atoms with Gasteiger partial charge in [-0.05, 0) is 39.8 Å². The molecule has 0 bridgehead atoms. The summed E-state index contributed by atoms with van der Waals surface area (Å²) in [6.45, 7) is 13.8. The molecule has 1 amide bonds. The molecule has 2 aromatic rings. The van der Waals surface area contributed by atoms with Gasteiger partial charge in [-0.15, -0.1) is 0 Å². The Bertz CT molecular complexity index is 717. The number of carbonyl (C=O) groups excluding carboxylic acids is 1. The van der Waals surface area contributed by atoms with E-state index in [9.17, 15) is 4.79 Å². The maximum absolute atomic E-state index is 12.2. The zero-order valence-electron chi connectivity index (χ0n) is 15.6. The number of benzene rings is 1. The second-order valence-corrected chi connectivity index (χ2v) is 8.04. The first-order chi connectivity index (χ1) is 11.0. The van der Waals surface area contributed by atoms with Crippen LogP contribution in [-0.2, 0) is 10.2 Å². The number of nitrogens with zero attached hydrogens (tertiary/aromatic N) is 2. The van der Waals surface area contributed by atoms with Crippen molar-refractivity contribution in [3.8, 4) is 5.69 Å². The highest BCUT2D eigenvalue weighted by atomic mass is 16.6. The summed E-state index contributed by atoms with van der Waals surface area (Å²) in [5, 5.41) is 7.49. The zero-order valence-corrected chi connectivity index (χ0v) is 15.6. The highest BCUT2D eigenvalue weighted by Crippen LogP contribution is 2.26. The molecule has 2 rings (SSSR count). The second kappa shape index (κ2) is 6.30.